The van der Waals surface area contributed by atoms with Crippen molar-refractivity contribution >= 4 is 0 Å². The monoisotopic (exact) mass is 241 g/mol. The van der Waals surface area contributed by atoms with Crippen molar-refractivity contribution in [1.29, 1.82) is 0 Å². The molecule has 0 bridgehead atoms. The van der Waals surface area contributed by atoms with Gasteiger partial charge >= 0.3 is 0 Å². The third-order valence-corrected chi connectivity index (χ3v) is 2.82. The van der Waals surface area contributed by atoms with Crippen molar-refractivity contribution in [2.45, 2.75) is 59.4 Å². The van der Waals surface area contributed by atoms with Crippen LogP contribution < -0.4 is 17.0 Å². The van der Waals surface area contributed by atoms with E-state index in [2.05, 4.69) is 43.7 Å². The van der Waals surface area contributed by atoms with Gasteiger partial charge in [-0.3, -0.25) is 0 Å². The third kappa shape index (κ3) is 4.98. The number of hydrogen-bond acceptors (Lipinski definition) is 0. The van der Waals surface area contributed by atoms with Gasteiger partial charge in [-0.15, -0.1) is 0 Å². The van der Waals surface area contributed by atoms with Gasteiger partial charge in [0.25, 0.3) is 0 Å². The van der Waals surface area contributed by atoms with Gasteiger partial charge in [-0.2, -0.15) is 0 Å². The summed E-state index contributed by atoms with van der Waals surface area (Å²) in [6.45, 7) is 7.86. The summed E-state index contributed by atoms with van der Waals surface area (Å²) in [6.07, 6.45) is 8.61. The van der Waals surface area contributed by atoms with Crippen molar-refractivity contribution in [3.8, 4) is 0 Å². The molecule has 0 radical (unpaired) electrons. The van der Waals surface area contributed by atoms with E-state index in [0.717, 1.165) is 0 Å². The molecule has 0 saturated carbocycles. The van der Waals surface area contributed by atoms with Gasteiger partial charge in [-0.25, -0.2) is 4.57 Å². The third-order valence-electron chi connectivity index (χ3n) is 2.82. The topological polar surface area (TPSA) is 3.88 Å². The molecule has 16 heavy (non-hydrogen) atoms. The molecule has 0 saturated heterocycles. The maximum absolute atomic E-state index is 2.42. The van der Waals surface area contributed by atoms with Crippen LogP contribution in [0, 0.1) is 6.92 Å². The van der Waals surface area contributed by atoms with Crippen LogP contribution in [0.1, 0.15) is 50.8 Å². The zero-order valence-electron chi connectivity index (χ0n) is 10.8. The first kappa shape index (κ1) is 15.4. The van der Waals surface area contributed by atoms with E-state index in [1.165, 1.54) is 49.9 Å². The fourth-order valence-electron chi connectivity index (χ4n) is 1.82. The lowest BCUT2D eigenvalue weighted by Crippen LogP contribution is -3.00. The Morgan fingerprint density at radius 2 is 1.81 bits per heavy atom. The molecule has 0 aromatic carbocycles. The molecule has 2 heteroatoms. The molecular weight excluding hydrogens is 218 g/mol. The minimum absolute atomic E-state index is 0. The first-order chi connectivity index (χ1) is 7.27. The fraction of sp³-hybridized carbons (Fsp3) is 0.643. The van der Waals surface area contributed by atoms with Gasteiger partial charge < -0.3 is 12.4 Å². The van der Waals surface area contributed by atoms with Crippen LogP contribution in [0.15, 0.2) is 18.3 Å². The molecule has 0 spiro atoms. The Kier molecular flexibility index (Phi) is 8.28. The van der Waals surface area contributed by atoms with Crippen molar-refractivity contribution in [2.24, 2.45) is 0 Å². The molecule has 1 nitrogen and oxygen atoms in total. The van der Waals surface area contributed by atoms with E-state index < -0.39 is 0 Å². The van der Waals surface area contributed by atoms with E-state index >= 15 is 0 Å². The lowest BCUT2D eigenvalue weighted by Gasteiger charge is -2.04. The van der Waals surface area contributed by atoms with Crippen LogP contribution in [-0.2, 0) is 13.0 Å². The SMILES string of the molecule is CCCCc1cc(C)cc[n+]1CCCC.[Cl-]. The van der Waals surface area contributed by atoms with Gasteiger partial charge in [-0.05, 0) is 18.9 Å². The average molecular weight is 242 g/mol. The van der Waals surface area contributed by atoms with Gasteiger partial charge in [-0.1, -0.05) is 26.7 Å². The molecule has 0 unspecified atom stereocenters. The highest BCUT2D eigenvalue weighted by atomic mass is 35.5. The standard InChI is InChI=1S/C14H24N.ClH/c1-4-6-8-14-12-13(3)9-11-15(14)10-7-5-2;/h9,11-12H,4-8,10H2,1-3H3;1H/q+1;/p-1. The lowest BCUT2D eigenvalue weighted by atomic mass is 10.1. The summed E-state index contributed by atoms with van der Waals surface area (Å²) in [7, 11) is 0. The van der Waals surface area contributed by atoms with Crippen LogP contribution in [0.2, 0.25) is 0 Å². The second kappa shape index (κ2) is 8.58. The van der Waals surface area contributed by atoms with Crippen LogP contribution in [0.3, 0.4) is 0 Å². The summed E-state index contributed by atoms with van der Waals surface area (Å²) in [4.78, 5) is 0. The second-order valence-electron chi connectivity index (χ2n) is 4.35. The second-order valence-corrected chi connectivity index (χ2v) is 4.35. The van der Waals surface area contributed by atoms with Crippen LogP contribution in [-0.4, -0.2) is 0 Å². The maximum atomic E-state index is 2.42. The smallest absolute Gasteiger partial charge is 0.181 e. The Morgan fingerprint density at radius 3 is 2.44 bits per heavy atom. The van der Waals surface area contributed by atoms with Crippen LogP contribution in [0.4, 0.5) is 0 Å². The van der Waals surface area contributed by atoms with Crippen LogP contribution >= 0.6 is 0 Å². The molecule has 0 amide bonds. The minimum Gasteiger partial charge on any atom is -1.00 e. The number of halogens is 1. The van der Waals surface area contributed by atoms with E-state index in [0.29, 0.717) is 0 Å². The zero-order chi connectivity index (χ0) is 11.1. The molecule has 0 fully saturated rings. The van der Waals surface area contributed by atoms with Gasteiger partial charge in [0.1, 0.15) is 6.54 Å². The summed E-state index contributed by atoms with van der Waals surface area (Å²) >= 11 is 0. The van der Waals surface area contributed by atoms with Crippen molar-refractivity contribution in [3.63, 3.8) is 0 Å². The predicted molar refractivity (Wildman–Crippen MR) is 64.9 cm³/mol. The van der Waals surface area contributed by atoms with Crippen molar-refractivity contribution in [1.82, 2.24) is 0 Å². The molecule has 0 atom stereocenters. The first-order valence-corrected chi connectivity index (χ1v) is 6.27. The molecule has 1 rings (SSSR count). The Bertz CT molecular complexity index is 297. The number of aromatic nitrogens is 1. The lowest BCUT2D eigenvalue weighted by molar-refractivity contribution is -0.704. The highest BCUT2D eigenvalue weighted by molar-refractivity contribution is 5.10. The predicted octanol–water partition coefficient (Wildman–Crippen LogP) is 0.429. The van der Waals surface area contributed by atoms with Crippen LogP contribution in [0.5, 0.6) is 0 Å². The molecule has 0 aliphatic rings. The van der Waals surface area contributed by atoms with E-state index in [1.807, 2.05) is 0 Å². The van der Waals surface area contributed by atoms with E-state index in [9.17, 15) is 0 Å². The van der Waals surface area contributed by atoms with Gasteiger partial charge in [0.05, 0.1) is 0 Å². The summed E-state index contributed by atoms with van der Waals surface area (Å²) < 4.78 is 2.42. The summed E-state index contributed by atoms with van der Waals surface area (Å²) in [6, 6.07) is 4.55. The maximum Gasteiger partial charge on any atom is 0.181 e. The number of aryl methyl sites for hydroxylation is 3. The quantitative estimate of drug-likeness (QED) is 0.636. The molecule has 1 aromatic heterocycles. The van der Waals surface area contributed by atoms with Crippen molar-refractivity contribution < 1.29 is 17.0 Å². The Hall–Kier alpha value is -0.560. The van der Waals surface area contributed by atoms with E-state index in [-0.39, 0.29) is 12.4 Å². The number of pyridine rings is 1. The normalized spacial score (nSPS) is 9.94. The number of rotatable bonds is 6. The molecule has 0 aliphatic carbocycles. The van der Waals surface area contributed by atoms with Gasteiger partial charge in [0.15, 0.2) is 11.9 Å². The highest BCUT2D eigenvalue weighted by Gasteiger charge is 2.09. The van der Waals surface area contributed by atoms with Gasteiger partial charge in [0.2, 0.25) is 0 Å². The molecule has 92 valence electrons. The summed E-state index contributed by atoms with van der Waals surface area (Å²) in [5.74, 6) is 0. The molecular formula is C14H24ClN. The number of hydrogen-bond donors (Lipinski definition) is 0. The zero-order valence-corrected chi connectivity index (χ0v) is 11.6. The number of unbranched alkanes of at least 4 members (excludes halogenated alkanes) is 2. The number of nitrogens with zero attached hydrogens (tertiary/aromatic N) is 1. The molecule has 1 aromatic rings. The molecule has 0 N–H and O–H groups in total. The Labute approximate surface area is 106 Å². The fourth-order valence-corrected chi connectivity index (χ4v) is 1.82. The molecule has 1 heterocycles. The highest BCUT2D eigenvalue weighted by Crippen LogP contribution is 2.04. The van der Waals surface area contributed by atoms with Gasteiger partial charge in [0, 0.05) is 25.0 Å². The van der Waals surface area contributed by atoms with E-state index in [4.69, 9.17) is 0 Å². The van der Waals surface area contributed by atoms with E-state index in [1.54, 1.807) is 0 Å². The Morgan fingerprint density at radius 1 is 1.12 bits per heavy atom. The van der Waals surface area contributed by atoms with Crippen molar-refractivity contribution in [3.05, 3.63) is 29.6 Å². The minimum atomic E-state index is 0. The summed E-state index contributed by atoms with van der Waals surface area (Å²) in [5, 5.41) is 0. The molecule has 0 aliphatic heterocycles. The Balaban J connectivity index is 0.00000225. The average Bonchev–Trinajstić information content (AvgIpc) is 2.25. The largest absolute Gasteiger partial charge is 1.00 e. The first-order valence-electron chi connectivity index (χ1n) is 6.27. The summed E-state index contributed by atoms with van der Waals surface area (Å²) in [5.41, 5.74) is 2.89. The van der Waals surface area contributed by atoms with Crippen LogP contribution in [0.25, 0.3) is 0 Å². The van der Waals surface area contributed by atoms with Crippen molar-refractivity contribution in [2.75, 3.05) is 0 Å².